The Balaban J connectivity index is 1.76. The average molecular weight is 420 g/mol. The summed E-state index contributed by atoms with van der Waals surface area (Å²) in [5.74, 6) is 0.936. The molecule has 9 heteroatoms. The number of ether oxygens (including phenoxy) is 2. The van der Waals surface area contributed by atoms with E-state index < -0.39 is 10.1 Å². The van der Waals surface area contributed by atoms with Gasteiger partial charge in [0.1, 0.15) is 10.6 Å². The number of amides is 2. The molecule has 0 N–H and O–H groups in total. The van der Waals surface area contributed by atoms with Crippen LogP contribution in [0.15, 0.2) is 47.4 Å². The smallest absolute Gasteiger partial charge is 0.339 e. The molecule has 0 radical (unpaired) electrons. The van der Waals surface area contributed by atoms with Crippen molar-refractivity contribution in [2.75, 3.05) is 38.8 Å². The summed E-state index contributed by atoms with van der Waals surface area (Å²) in [5.41, 5.74) is 0.652. The fourth-order valence-corrected chi connectivity index (χ4v) is 4.06. The third-order valence-electron chi connectivity index (χ3n) is 4.59. The van der Waals surface area contributed by atoms with Gasteiger partial charge in [0, 0.05) is 31.4 Å². The molecular formula is C20H24N2O6S. The minimum Gasteiger partial charge on any atom is -0.493 e. The summed E-state index contributed by atoms with van der Waals surface area (Å²) < 4.78 is 40.7. The highest BCUT2D eigenvalue weighted by Gasteiger charge is 2.29. The van der Waals surface area contributed by atoms with Crippen molar-refractivity contribution < 1.29 is 26.9 Å². The number of hydrogen-bond acceptors (Lipinski definition) is 6. The van der Waals surface area contributed by atoms with Crippen molar-refractivity contribution >= 4 is 21.8 Å². The van der Waals surface area contributed by atoms with Crippen LogP contribution in [0.3, 0.4) is 0 Å². The van der Waals surface area contributed by atoms with E-state index >= 15 is 0 Å². The van der Waals surface area contributed by atoms with E-state index in [-0.39, 0.29) is 16.7 Å². The molecule has 2 aromatic rings. The van der Waals surface area contributed by atoms with Crippen LogP contribution in [0.4, 0.5) is 10.5 Å². The van der Waals surface area contributed by atoms with E-state index in [2.05, 4.69) is 0 Å². The monoisotopic (exact) mass is 420 g/mol. The van der Waals surface area contributed by atoms with Crippen molar-refractivity contribution in [3.8, 4) is 17.2 Å². The maximum absolute atomic E-state index is 12.6. The molecule has 0 aromatic heterocycles. The Morgan fingerprint density at radius 3 is 2.28 bits per heavy atom. The van der Waals surface area contributed by atoms with Gasteiger partial charge >= 0.3 is 16.1 Å². The lowest BCUT2D eigenvalue weighted by atomic mass is 10.3. The lowest BCUT2D eigenvalue weighted by molar-refractivity contribution is 0.220. The van der Waals surface area contributed by atoms with Crippen LogP contribution in [-0.2, 0) is 10.1 Å². The second-order valence-corrected chi connectivity index (χ2v) is 8.02. The molecule has 0 saturated carbocycles. The number of anilines is 1. The molecule has 2 aromatic carbocycles. The standard InChI is InChI=1S/C20H24N2O6S/c1-4-11-21-12-13-22(20(21)23)15-5-8-17(9-6-15)29(24,25)28-16-7-10-18(26-2)19(14-16)27-3/h5-10,14H,4,11-13H2,1-3H3. The number of benzene rings is 2. The number of carbonyl (C=O) groups is 1. The van der Waals surface area contributed by atoms with Gasteiger partial charge in [-0.25, -0.2) is 4.79 Å². The molecule has 3 rings (SSSR count). The summed E-state index contributed by atoms with van der Waals surface area (Å²) in [6.07, 6.45) is 0.893. The molecule has 29 heavy (non-hydrogen) atoms. The van der Waals surface area contributed by atoms with Crippen LogP contribution in [0.25, 0.3) is 0 Å². The fraction of sp³-hybridized carbons (Fsp3) is 0.350. The van der Waals surface area contributed by atoms with Crippen molar-refractivity contribution in [2.24, 2.45) is 0 Å². The first-order valence-corrected chi connectivity index (χ1v) is 10.6. The molecular weight excluding hydrogens is 396 g/mol. The second kappa shape index (κ2) is 8.60. The van der Waals surface area contributed by atoms with Crippen LogP contribution in [0.5, 0.6) is 17.2 Å². The van der Waals surface area contributed by atoms with E-state index in [4.69, 9.17) is 13.7 Å². The molecule has 0 spiro atoms. The Kier molecular flexibility index (Phi) is 6.17. The first-order chi connectivity index (χ1) is 13.9. The molecule has 0 unspecified atom stereocenters. The number of carbonyl (C=O) groups excluding carboxylic acids is 1. The maximum Gasteiger partial charge on any atom is 0.339 e. The topological polar surface area (TPSA) is 85.4 Å². The normalized spacial score (nSPS) is 14.2. The minimum atomic E-state index is -4.04. The number of nitrogens with zero attached hydrogens (tertiary/aromatic N) is 2. The van der Waals surface area contributed by atoms with Gasteiger partial charge in [0.05, 0.1) is 14.2 Å². The van der Waals surface area contributed by atoms with Crippen molar-refractivity contribution in [3.05, 3.63) is 42.5 Å². The molecule has 0 aliphatic carbocycles. The van der Waals surface area contributed by atoms with Crippen molar-refractivity contribution in [2.45, 2.75) is 18.2 Å². The van der Waals surface area contributed by atoms with Crippen LogP contribution in [0.1, 0.15) is 13.3 Å². The predicted molar refractivity (Wildman–Crippen MR) is 108 cm³/mol. The molecule has 1 fully saturated rings. The molecule has 1 aliphatic heterocycles. The van der Waals surface area contributed by atoms with Gasteiger partial charge in [0.25, 0.3) is 0 Å². The van der Waals surface area contributed by atoms with E-state index in [0.717, 1.165) is 6.42 Å². The Morgan fingerprint density at radius 2 is 1.66 bits per heavy atom. The summed E-state index contributed by atoms with van der Waals surface area (Å²) in [6.45, 7) is 3.97. The largest absolute Gasteiger partial charge is 0.493 e. The number of urea groups is 1. The molecule has 8 nitrogen and oxygen atoms in total. The third-order valence-corrected chi connectivity index (χ3v) is 5.85. The summed E-state index contributed by atoms with van der Waals surface area (Å²) in [6, 6.07) is 10.5. The Labute approximate surface area is 170 Å². The van der Waals surface area contributed by atoms with Crippen LogP contribution >= 0.6 is 0 Å². The molecule has 0 bridgehead atoms. The quantitative estimate of drug-likeness (QED) is 0.610. The summed E-state index contributed by atoms with van der Waals surface area (Å²) >= 11 is 0. The summed E-state index contributed by atoms with van der Waals surface area (Å²) in [4.78, 5) is 15.8. The number of rotatable bonds is 8. The van der Waals surface area contributed by atoms with E-state index in [1.165, 1.54) is 38.5 Å². The van der Waals surface area contributed by atoms with E-state index in [1.807, 2.05) is 6.92 Å². The lowest BCUT2D eigenvalue weighted by Gasteiger charge is -2.18. The molecule has 1 heterocycles. The molecule has 2 amide bonds. The Morgan fingerprint density at radius 1 is 0.966 bits per heavy atom. The van der Waals surface area contributed by atoms with Gasteiger partial charge in [-0.3, -0.25) is 4.90 Å². The molecule has 0 atom stereocenters. The number of hydrogen-bond donors (Lipinski definition) is 0. The predicted octanol–water partition coefficient (Wildman–Crippen LogP) is 3.12. The van der Waals surface area contributed by atoms with Crippen molar-refractivity contribution in [3.63, 3.8) is 0 Å². The number of methoxy groups -OCH3 is 2. The van der Waals surface area contributed by atoms with E-state index in [0.29, 0.717) is 36.8 Å². The first-order valence-electron chi connectivity index (χ1n) is 9.22. The fourth-order valence-electron chi connectivity index (χ4n) is 3.14. The lowest BCUT2D eigenvalue weighted by Crippen LogP contribution is -2.32. The molecule has 1 saturated heterocycles. The highest BCUT2D eigenvalue weighted by molar-refractivity contribution is 7.87. The minimum absolute atomic E-state index is 0.00639. The van der Waals surface area contributed by atoms with Gasteiger partial charge in [0.15, 0.2) is 11.5 Å². The second-order valence-electron chi connectivity index (χ2n) is 6.47. The van der Waals surface area contributed by atoms with Gasteiger partial charge in [-0.05, 0) is 42.8 Å². The molecule has 1 aliphatic rings. The van der Waals surface area contributed by atoms with Gasteiger partial charge < -0.3 is 18.6 Å². The van der Waals surface area contributed by atoms with Gasteiger partial charge in [0.2, 0.25) is 0 Å². The highest BCUT2D eigenvalue weighted by atomic mass is 32.2. The van der Waals surface area contributed by atoms with E-state index in [1.54, 1.807) is 28.0 Å². The van der Waals surface area contributed by atoms with Crippen LogP contribution in [-0.4, -0.2) is 53.2 Å². The zero-order chi connectivity index (χ0) is 21.0. The first kappa shape index (κ1) is 20.8. The van der Waals surface area contributed by atoms with Gasteiger partial charge in [-0.2, -0.15) is 8.42 Å². The summed E-state index contributed by atoms with van der Waals surface area (Å²) in [5, 5.41) is 0. The average Bonchev–Trinajstić information content (AvgIpc) is 3.08. The Hall–Kier alpha value is -2.94. The zero-order valence-corrected chi connectivity index (χ0v) is 17.4. The van der Waals surface area contributed by atoms with Crippen LogP contribution in [0, 0.1) is 0 Å². The maximum atomic E-state index is 12.6. The zero-order valence-electron chi connectivity index (χ0n) is 16.6. The summed E-state index contributed by atoms with van der Waals surface area (Å²) in [7, 11) is -1.10. The van der Waals surface area contributed by atoms with Crippen LogP contribution < -0.4 is 18.6 Å². The van der Waals surface area contributed by atoms with Crippen LogP contribution in [0.2, 0.25) is 0 Å². The van der Waals surface area contributed by atoms with Gasteiger partial charge in [-0.1, -0.05) is 6.92 Å². The van der Waals surface area contributed by atoms with Gasteiger partial charge in [-0.15, -0.1) is 0 Å². The highest BCUT2D eigenvalue weighted by Crippen LogP contribution is 2.32. The van der Waals surface area contributed by atoms with Crippen molar-refractivity contribution in [1.82, 2.24) is 4.90 Å². The molecule has 156 valence electrons. The van der Waals surface area contributed by atoms with Crippen molar-refractivity contribution in [1.29, 1.82) is 0 Å². The third kappa shape index (κ3) is 4.40. The SMILES string of the molecule is CCCN1CCN(c2ccc(S(=O)(=O)Oc3ccc(OC)c(OC)c3)cc2)C1=O. The Bertz CT molecular complexity index is 975. The van der Waals surface area contributed by atoms with E-state index in [9.17, 15) is 13.2 Å².